The smallest absolute Gasteiger partial charge is 0.0934 e. The molecule has 1 fully saturated rings. The third kappa shape index (κ3) is 2.08. The van der Waals surface area contributed by atoms with Crippen molar-refractivity contribution in [1.29, 1.82) is 0 Å². The second-order valence-electron chi connectivity index (χ2n) is 4.75. The minimum absolute atomic E-state index is 0.838. The normalized spacial score (nSPS) is 25.5. The molecule has 2 aliphatic rings. The van der Waals surface area contributed by atoms with E-state index in [-0.39, 0.29) is 0 Å². The summed E-state index contributed by atoms with van der Waals surface area (Å²) in [5.41, 5.74) is 1.42. The number of aryl methyl sites for hydroxylation is 2. The molecule has 1 atom stereocenters. The lowest BCUT2D eigenvalue weighted by molar-refractivity contribution is 0.375. The van der Waals surface area contributed by atoms with Crippen molar-refractivity contribution in [3.63, 3.8) is 0 Å². The van der Waals surface area contributed by atoms with Crippen LogP contribution in [0.2, 0.25) is 0 Å². The Kier molecular flexibility index (Phi) is 2.76. The van der Waals surface area contributed by atoms with Crippen LogP contribution >= 0.6 is 11.3 Å². The molecule has 3 heteroatoms. The van der Waals surface area contributed by atoms with Gasteiger partial charge in [0.15, 0.2) is 0 Å². The van der Waals surface area contributed by atoms with Crippen LogP contribution in [0.25, 0.3) is 0 Å². The molecule has 1 aromatic heterocycles. The summed E-state index contributed by atoms with van der Waals surface area (Å²) in [6.07, 6.45) is 7.79. The van der Waals surface area contributed by atoms with Crippen molar-refractivity contribution in [3.8, 4) is 0 Å². The van der Waals surface area contributed by atoms with Gasteiger partial charge in [0.1, 0.15) is 0 Å². The maximum Gasteiger partial charge on any atom is 0.0934 e. The summed E-state index contributed by atoms with van der Waals surface area (Å²) in [6, 6.07) is 0. The predicted octanol–water partition coefficient (Wildman–Crippen LogP) is 2.17. The van der Waals surface area contributed by atoms with Crippen LogP contribution in [0.5, 0.6) is 0 Å². The van der Waals surface area contributed by atoms with Crippen LogP contribution in [0.15, 0.2) is 0 Å². The first kappa shape index (κ1) is 9.79. The first-order valence-electron chi connectivity index (χ1n) is 6.10. The van der Waals surface area contributed by atoms with Crippen molar-refractivity contribution in [3.05, 3.63) is 15.6 Å². The molecular weight excluding hydrogens is 204 g/mol. The van der Waals surface area contributed by atoms with E-state index < -0.39 is 0 Å². The van der Waals surface area contributed by atoms with E-state index in [2.05, 4.69) is 5.32 Å². The van der Waals surface area contributed by atoms with Gasteiger partial charge in [-0.3, -0.25) is 0 Å². The van der Waals surface area contributed by atoms with Crippen molar-refractivity contribution in [1.82, 2.24) is 10.3 Å². The van der Waals surface area contributed by atoms with Crippen molar-refractivity contribution in [2.75, 3.05) is 13.1 Å². The van der Waals surface area contributed by atoms with Gasteiger partial charge < -0.3 is 5.32 Å². The van der Waals surface area contributed by atoms with Gasteiger partial charge in [-0.15, -0.1) is 11.3 Å². The number of piperidine rings is 1. The highest BCUT2D eigenvalue weighted by atomic mass is 32.1. The zero-order chi connectivity index (χ0) is 10.1. The van der Waals surface area contributed by atoms with Crippen molar-refractivity contribution < 1.29 is 0 Å². The molecule has 0 radical (unpaired) electrons. The largest absolute Gasteiger partial charge is 0.316 e. The summed E-state index contributed by atoms with van der Waals surface area (Å²) in [4.78, 5) is 6.35. The predicted molar refractivity (Wildman–Crippen MR) is 63.4 cm³/mol. The second kappa shape index (κ2) is 4.22. The Hall–Kier alpha value is -0.410. The van der Waals surface area contributed by atoms with E-state index in [1.54, 1.807) is 4.88 Å². The quantitative estimate of drug-likeness (QED) is 0.829. The van der Waals surface area contributed by atoms with Crippen LogP contribution in [0.4, 0.5) is 0 Å². The molecule has 0 spiro atoms. The molecular formula is C12H18N2S. The molecule has 2 nitrogen and oxygen atoms in total. The Bertz CT molecular complexity index is 318. The fourth-order valence-corrected chi connectivity index (χ4v) is 3.95. The summed E-state index contributed by atoms with van der Waals surface area (Å²) in [5.74, 6) is 0.838. The van der Waals surface area contributed by atoms with E-state index in [0.717, 1.165) is 5.92 Å². The zero-order valence-electron chi connectivity index (χ0n) is 9.09. The average molecular weight is 222 g/mol. The molecule has 2 heterocycles. The molecule has 0 aromatic carbocycles. The topological polar surface area (TPSA) is 24.9 Å². The van der Waals surface area contributed by atoms with E-state index in [9.17, 15) is 0 Å². The van der Waals surface area contributed by atoms with Gasteiger partial charge in [0.05, 0.1) is 10.7 Å². The fourth-order valence-electron chi connectivity index (χ4n) is 2.68. The fraction of sp³-hybridized carbons (Fsp3) is 0.750. The number of aromatic nitrogens is 1. The van der Waals surface area contributed by atoms with Crippen LogP contribution in [-0.2, 0) is 19.3 Å². The summed E-state index contributed by atoms with van der Waals surface area (Å²) in [6.45, 7) is 2.41. The van der Waals surface area contributed by atoms with Crippen LogP contribution < -0.4 is 5.32 Å². The molecule has 3 rings (SSSR count). The molecule has 1 aromatic rings. The van der Waals surface area contributed by atoms with Crippen LogP contribution in [0.3, 0.4) is 0 Å². The Balaban J connectivity index is 1.66. The third-order valence-corrected chi connectivity index (χ3v) is 4.68. The standard InChI is InChI=1S/C12H18N2S/c1-4-10-11(5-1)15-12(14-10)7-9-3-2-6-13-8-9/h9,13H,1-8H2. The van der Waals surface area contributed by atoms with Gasteiger partial charge in [0.2, 0.25) is 0 Å². The number of hydrogen-bond acceptors (Lipinski definition) is 3. The summed E-state index contributed by atoms with van der Waals surface area (Å²) >= 11 is 1.98. The maximum absolute atomic E-state index is 4.78. The SMILES string of the molecule is C1Cc2nc(CC3CCCNC3)sc2C1. The number of nitrogens with zero attached hydrogens (tertiary/aromatic N) is 1. The van der Waals surface area contributed by atoms with Gasteiger partial charge in [-0.1, -0.05) is 0 Å². The molecule has 0 saturated carbocycles. The summed E-state index contributed by atoms with van der Waals surface area (Å²) < 4.78 is 0. The monoisotopic (exact) mass is 222 g/mol. The lowest BCUT2D eigenvalue weighted by Gasteiger charge is -2.21. The highest BCUT2D eigenvalue weighted by Gasteiger charge is 2.19. The Morgan fingerprint density at radius 3 is 3.13 bits per heavy atom. The Morgan fingerprint density at radius 2 is 2.33 bits per heavy atom. The molecule has 1 unspecified atom stereocenters. The van der Waals surface area contributed by atoms with Crippen molar-refractivity contribution in [2.45, 2.75) is 38.5 Å². The lowest BCUT2D eigenvalue weighted by Crippen LogP contribution is -2.30. The van der Waals surface area contributed by atoms with Gasteiger partial charge in [-0.05, 0) is 51.1 Å². The van der Waals surface area contributed by atoms with Crippen LogP contribution in [0.1, 0.15) is 34.8 Å². The highest BCUT2D eigenvalue weighted by Crippen LogP contribution is 2.29. The summed E-state index contributed by atoms with van der Waals surface area (Å²) in [7, 11) is 0. The Morgan fingerprint density at radius 1 is 1.33 bits per heavy atom. The van der Waals surface area contributed by atoms with Crippen LogP contribution in [0, 0.1) is 5.92 Å². The third-order valence-electron chi connectivity index (χ3n) is 3.50. The number of fused-ring (bicyclic) bond motifs is 1. The number of hydrogen-bond donors (Lipinski definition) is 1. The number of thiazole rings is 1. The Labute approximate surface area is 95.1 Å². The first-order valence-corrected chi connectivity index (χ1v) is 6.91. The molecule has 1 N–H and O–H groups in total. The number of rotatable bonds is 2. The maximum atomic E-state index is 4.78. The van der Waals surface area contributed by atoms with E-state index in [0.29, 0.717) is 0 Å². The van der Waals surface area contributed by atoms with Crippen molar-refractivity contribution >= 4 is 11.3 Å². The minimum atomic E-state index is 0.838. The molecule has 0 amide bonds. The van der Waals surface area contributed by atoms with E-state index in [1.807, 2.05) is 11.3 Å². The van der Waals surface area contributed by atoms with Gasteiger partial charge in [-0.2, -0.15) is 0 Å². The van der Waals surface area contributed by atoms with E-state index >= 15 is 0 Å². The van der Waals surface area contributed by atoms with Crippen LogP contribution in [-0.4, -0.2) is 18.1 Å². The summed E-state index contributed by atoms with van der Waals surface area (Å²) in [5, 5.41) is 4.88. The minimum Gasteiger partial charge on any atom is -0.316 e. The zero-order valence-corrected chi connectivity index (χ0v) is 9.91. The first-order chi connectivity index (χ1) is 7.42. The molecule has 82 valence electrons. The molecule has 1 saturated heterocycles. The van der Waals surface area contributed by atoms with E-state index in [4.69, 9.17) is 4.98 Å². The average Bonchev–Trinajstić information content (AvgIpc) is 2.79. The van der Waals surface area contributed by atoms with Gasteiger partial charge >= 0.3 is 0 Å². The number of nitrogens with one attached hydrogen (secondary N) is 1. The lowest BCUT2D eigenvalue weighted by atomic mass is 9.97. The van der Waals surface area contributed by atoms with Gasteiger partial charge in [0.25, 0.3) is 0 Å². The second-order valence-corrected chi connectivity index (χ2v) is 5.92. The van der Waals surface area contributed by atoms with E-state index in [1.165, 1.54) is 62.3 Å². The highest BCUT2D eigenvalue weighted by molar-refractivity contribution is 7.11. The van der Waals surface area contributed by atoms with Gasteiger partial charge in [-0.25, -0.2) is 4.98 Å². The molecule has 15 heavy (non-hydrogen) atoms. The van der Waals surface area contributed by atoms with Gasteiger partial charge in [0, 0.05) is 11.3 Å². The molecule has 1 aliphatic carbocycles. The van der Waals surface area contributed by atoms with Crippen molar-refractivity contribution in [2.24, 2.45) is 5.92 Å². The molecule has 1 aliphatic heterocycles. The molecule has 0 bridgehead atoms.